The number of rotatable bonds is 2. The van der Waals surface area contributed by atoms with Crippen LogP contribution in [0.1, 0.15) is 0 Å². The Labute approximate surface area is 121 Å². The van der Waals surface area contributed by atoms with Gasteiger partial charge in [-0.3, -0.25) is 9.55 Å². The fourth-order valence-electron chi connectivity index (χ4n) is 2.46. The molecule has 0 fully saturated rings. The molecule has 0 aliphatic rings. The Kier molecular flexibility index (Phi) is 2.57. The molecule has 0 radical (unpaired) electrons. The second-order valence-electron chi connectivity index (χ2n) is 4.86. The zero-order valence-electron chi connectivity index (χ0n) is 11.5. The summed E-state index contributed by atoms with van der Waals surface area (Å²) >= 11 is 0. The van der Waals surface area contributed by atoms with Gasteiger partial charge in [-0.25, -0.2) is 9.97 Å². The maximum absolute atomic E-state index is 4.43. The first-order chi connectivity index (χ1) is 10.3. The lowest BCUT2D eigenvalue weighted by Gasteiger charge is -2.08. The van der Waals surface area contributed by atoms with Gasteiger partial charge in [-0.1, -0.05) is 6.07 Å². The first-order valence-corrected chi connectivity index (χ1v) is 6.69. The molecule has 3 aromatic heterocycles. The second-order valence-corrected chi connectivity index (χ2v) is 4.86. The van der Waals surface area contributed by atoms with Crippen LogP contribution in [0.4, 0.5) is 0 Å². The Hall–Kier alpha value is -2.95. The van der Waals surface area contributed by atoms with Gasteiger partial charge in [-0.2, -0.15) is 0 Å². The molecule has 21 heavy (non-hydrogen) atoms. The van der Waals surface area contributed by atoms with Crippen LogP contribution in [0, 0.1) is 0 Å². The molecule has 3 heterocycles. The van der Waals surface area contributed by atoms with Gasteiger partial charge in [0.2, 0.25) is 0 Å². The second kappa shape index (κ2) is 4.56. The van der Waals surface area contributed by atoms with Crippen LogP contribution < -0.4 is 0 Å². The lowest BCUT2D eigenvalue weighted by molar-refractivity contribution is 0.945. The minimum atomic E-state index is 0.831. The fraction of sp³-hybridized carbons (Fsp3) is 0.0625. The van der Waals surface area contributed by atoms with E-state index in [4.69, 9.17) is 0 Å². The molecule has 0 unspecified atom stereocenters. The minimum absolute atomic E-state index is 0.831. The number of imidazole rings is 2. The summed E-state index contributed by atoms with van der Waals surface area (Å²) in [6, 6.07) is 12.0. The van der Waals surface area contributed by atoms with Gasteiger partial charge in [0.1, 0.15) is 5.69 Å². The van der Waals surface area contributed by atoms with Crippen LogP contribution in [0.5, 0.6) is 0 Å². The molecule has 0 bridgehead atoms. The predicted molar refractivity (Wildman–Crippen MR) is 81.1 cm³/mol. The van der Waals surface area contributed by atoms with Crippen molar-refractivity contribution in [1.82, 2.24) is 24.1 Å². The summed E-state index contributed by atoms with van der Waals surface area (Å²) in [5.74, 6) is 0.831. The van der Waals surface area contributed by atoms with Crippen molar-refractivity contribution in [2.45, 2.75) is 0 Å². The highest BCUT2D eigenvalue weighted by molar-refractivity contribution is 5.78. The number of aryl methyl sites for hydroxylation is 1. The number of benzene rings is 1. The Bertz CT molecular complexity index is 905. The summed E-state index contributed by atoms with van der Waals surface area (Å²) < 4.78 is 4.05. The van der Waals surface area contributed by atoms with Crippen molar-refractivity contribution in [3.8, 4) is 17.2 Å². The molecule has 0 spiro atoms. The maximum Gasteiger partial charge on any atom is 0.163 e. The zero-order valence-corrected chi connectivity index (χ0v) is 11.5. The fourth-order valence-corrected chi connectivity index (χ4v) is 2.46. The summed E-state index contributed by atoms with van der Waals surface area (Å²) in [4.78, 5) is 13.2. The highest BCUT2D eigenvalue weighted by Crippen LogP contribution is 2.22. The van der Waals surface area contributed by atoms with E-state index in [1.165, 1.54) is 0 Å². The van der Waals surface area contributed by atoms with E-state index in [1.807, 2.05) is 59.0 Å². The molecule has 4 aromatic rings. The van der Waals surface area contributed by atoms with E-state index >= 15 is 0 Å². The SMILES string of the molecule is Cn1cnc2ccc(-n3ccnc3-c3ccccn3)cc21. The molecule has 0 saturated heterocycles. The number of nitrogens with zero attached hydrogens (tertiary/aromatic N) is 5. The van der Waals surface area contributed by atoms with E-state index in [2.05, 4.69) is 21.0 Å². The molecule has 102 valence electrons. The van der Waals surface area contributed by atoms with Crippen molar-refractivity contribution in [3.63, 3.8) is 0 Å². The smallest absolute Gasteiger partial charge is 0.163 e. The third kappa shape index (κ3) is 1.90. The highest BCUT2D eigenvalue weighted by Gasteiger charge is 2.09. The average molecular weight is 275 g/mol. The van der Waals surface area contributed by atoms with Crippen LogP contribution >= 0.6 is 0 Å². The monoisotopic (exact) mass is 275 g/mol. The molecule has 4 rings (SSSR count). The van der Waals surface area contributed by atoms with Gasteiger partial charge in [0.25, 0.3) is 0 Å². The summed E-state index contributed by atoms with van der Waals surface area (Å²) in [5, 5.41) is 0. The van der Waals surface area contributed by atoms with Crippen molar-refractivity contribution in [2.24, 2.45) is 7.05 Å². The number of hydrogen-bond acceptors (Lipinski definition) is 3. The van der Waals surface area contributed by atoms with Crippen LogP contribution in [0.15, 0.2) is 61.3 Å². The average Bonchev–Trinajstić information content (AvgIpc) is 3.15. The van der Waals surface area contributed by atoms with Gasteiger partial charge in [0.05, 0.1) is 17.4 Å². The van der Waals surface area contributed by atoms with Crippen molar-refractivity contribution < 1.29 is 0 Å². The first-order valence-electron chi connectivity index (χ1n) is 6.69. The van der Waals surface area contributed by atoms with Crippen molar-refractivity contribution in [1.29, 1.82) is 0 Å². The molecule has 1 aromatic carbocycles. The molecule has 0 saturated carbocycles. The van der Waals surface area contributed by atoms with E-state index in [1.54, 1.807) is 12.4 Å². The number of aromatic nitrogens is 5. The molecule has 0 aliphatic heterocycles. The van der Waals surface area contributed by atoms with E-state index in [-0.39, 0.29) is 0 Å². The van der Waals surface area contributed by atoms with Gasteiger partial charge >= 0.3 is 0 Å². The maximum atomic E-state index is 4.43. The molecular weight excluding hydrogens is 262 g/mol. The quantitative estimate of drug-likeness (QED) is 0.565. The Morgan fingerprint density at radius 3 is 2.76 bits per heavy atom. The summed E-state index contributed by atoms with van der Waals surface area (Å²) in [5.41, 5.74) is 3.98. The lowest BCUT2D eigenvalue weighted by atomic mass is 10.2. The van der Waals surface area contributed by atoms with Crippen molar-refractivity contribution >= 4 is 11.0 Å². The van der Waals surface area contributed by atoms with E-state index in [0.717, 1.165) is 28.2 Å². The van der Waals surface area contributed by atoms with Crippen LogP contribution in [0.25, 0.3) is 28.2 Å². The Morgan fingerprint density at radius 1 is 0.952 bits per heavy atom. The van der Waals surface area contributed by atoms with Gasteiger partial charge in [0.15, 0.2) is 5.82 Å². The minimum Gasteiger partial charge on any atom is -0.334 e. The van der Waals surface area contributed by atoms with Crippen molar-refractivity contribution in [2.75, 3.05) is 0 Å². The first kappa shape index (κ1) is 11.8. The van der Waals surface area contributed by atoms with Crippen LogP contribution in [-0.4, -0.2) is 24.1 Å². The van der Waals surface area contributed by atoms with E-state index < -0.39 is 0 Å². The number of pyridine rings is 1. The van der Waals surface area contributed by atoms with Gasteiger partial charge < -0.3 is 4.57 Å². The Morgan fingerprint density at radius 2 is 1.90 bits per heavy atom. The third-order valence-electron chi connectivity index (χ3n) is 3.52. The molecule has 5 heteroatoms. The normalized spacial score (nSPS) is 11.1. The molecule has 0 atom stereocenters. The topological polar surface area (TPSA) is 48.5 Å². The lowest BCUT2D eigenvalue weighted by Crippen LogP contribution is -1.98. The summed E-state index contributed by atoms with van der Waals surface area (Å²) in [7, 11) is 1.99. The van der Waals surface area contributed by atoms with E-state index in [0.29, 0.717) is 0 Å². The number of hydrogen-bond donors (Lipinski definition) is 0. The largest absolute Gasteiger partial charge is 0.334 e. The highest BCUT2D eigenvalue weighted by atomic mass is 15.1. The molecule has 0 aliphatic carbocycles. The van der Waals surface area contributed by atoms with Gasteiger partial charge in [-0.15, -0.1) is 0 Å². The molecule has 0 amide bonds. The van der Waals surface area contributed by atoms with Crippen LogP contribution in [0.3, 0.4) is 0 Å². The van der Waals surface area contributed by atoms with Crippen LogP contribution in [0.2, 0.25) is 0 Å². The van der Waals surface area contributed by atoms with Crippen LogP contribution in [-0.2, 0) is 7.05 Å². The summed E-state index contributed by atoms with van der Waals surface area (Å²) in [6.07, 6.45) is 7.33. The zero-order chi connectivity index (χ0) is 14.2. The van der Waals surface area contributed by atoms with Gasteiger partial charge in [0, 0.05) is 31.3 Å². The van der Waals surface area contributed by atoms with Crippen molar-refractivity contribution in [3.05, 3.63) is 61.3 Å². The standard InChI is InChI=1S/C16H13N5/c1-20-11-19-13-6-5-12(10-15(13)20)21-9-8-18-16(21)14-4-2-3-7-17-14/h2-11H,1H3. The summed E-state index contributed by atoms with van der Waals surface area (Å²) in [6.45, 7) is 0. The third-order valence-corrected chi connectivity index (χ3v) is 3.52. The molecule has 0 N–H and O–H groups in total. The van der Waals surface area contributed by atoms with Gasteiger partial charge in [-0.05, 0) is 30.3 Å². The number of fused-ring (bicyclic) bond motifs is 1. The molecule has 5 nitrogen and oxygen atoms in total. The predicted octanol–water partition coefficient (Wildman–Crippen LogP) is 2.82. The molecular formula is C16H13N5. The van der Waals surface area contributed by atoms with E-state index in [9.17, 15) is 0 Å². The Balaban J connectivity index is 1.90.